The first-order valence-corrected chi connectivity index (χ1v) is 10.8. The van der Waals surface area contributed by atoms with Crippen molar-refractivity contribution in [1.82, 2.24) is 25.1 Å². The van der Waals surface area contributed by atoms with Crippen LogP contribution in [-0.2, 0) is 6.42 Å². The summed E-state index contributed by atoms with van der Waals surface area (Å²) in [5, 5.41) is 20.1. The number of rotatable bonds is 4. The van der Waals surface area contributed by atoms with E-state index >= 15 is 0 Å². The first-order chi connectivity index (χ1) is 14.4. The largest absolute Gasteiger partial charge is 0.332 e. The standard InChI is InChI=1S/C19H14Cl2N6OS2/c1-2-15-24-25-19-27(15)26-17(30-19)10-4-3-5-12(8-10)22-18(29)23-16(28)13-7-6-11(20)9-14(13)21/h3-9H,2H2,1H3,(H2,22,23,28,29). The number of nitrogens with one attached hydrogen (secondary N) is 2. The highest BCUT2D eigenvalue weighted by Crippen LogP contribution is 2.27. The minimum Gasteiger partial charge on any atom is -0.332 e. The van der Waals surface area contributed by atoms with Gasteiger partial charge in [-0.15, -0.1) is 10.2 Å². The molecule has 7 nitrogen and oxygen atoms in total. The third-order valence-electron chi connectivity index (χ3n) is 4.14. The number of aromatic nitrogens is 4. The van der Waals surface area contributed by atoms with Gasteiger partial charge in [0.1, 0.15) is 5.01 Å². The number of amides is 1. The van der Waals surface area contributed by atoms with Crippen LogP contribution in [0.25, 0.3) is 15.5 Å². The van der Waals surface area contributed by atoms with Crippen LogP contribution in [0.3, 0.4) is 0 Å². The lowest BCUT2D eigenvalue weighted by atomic mass is 10.2. The topological polar surface area (TPSA) is 84.2 Å². The van der Waals surface area contributed by atoms with Gasteiger partial charge in [-0.25, -0.2) is 0 Å². The monoisotopic (exact) mass is 476 g/mol. The number of carbonyl (C=O) groups is 1. The van der Waals surface area contributed by atoms with Crippen molar-refractivity contribution in [1.29, 1.82) is 0 Å². The van der Waals surface area contributed by atoms with E-state index in [2.05, 4.69) is 25.9 Å². The number of halogens is 2. The Morgan fingerprint density at radius 2 is 2.03 bits per heavy atom. The van der Waals surface area contributed by atoms with E-state index in [0.717, 1.165) is 27.8 Å². The second-order valence-electron chi connectivity index (χ2n) is 6.18. The van der Waals surface area contributed by atoms with Crippen molar-refractivity contribution in [2.45, 2.75) is 13.3 Å². The summed E-state index contributed by atoms with van der Waals surface area (Å²) in [5.41, 5.74) is 1.89. The maximum atomic E-state index is 12.4. The molecule has 4 rings (SSSR count). The van der Waals surface area contributed by atoms with Gasteiger partial charge in [0.05, 0.1) is 10.6 Å². The van der Waals surface area contributed by atoms with Crippen LogP contribution in [0.2, 0.25) is 10.0 Å². The van der Waals surface area contributed by atoms with Gasteiger partial charge < -0.3 is 5.32 Å². The quantitative estimate of drug-likeness (QED) is 0.409. The van der Waals surface area contributed by atoms with E-state index in [9.17, 15) is 4.79 Å². The fraction of sp³-hybridized carbons (Fsp3) is 0.105. The van der Waals surface area contributed by atoms with Gasteiger partial charge in [0.15, 0.2) is 10.9 Å². The summed E-state index contributed by atoms with van der Waals surface area (Å²) in [7, 11) is 0. The summed E-state index contributed by atoms with van der Waals surface area (Å²) in [6, 6.07) is 12.2. The molecular formula is C19H14Cl2N6OS2. The van der Waals surface area contributed by atoms with E-state index in [1.807, 2.05) is 31.2 Å². The van der Waals surface area contributed by atoms with Crippen LogP contribution in [0.15, 0.2) is 42.5 Å². The smallest absolute Gasteiger partial charge is 0.258 e. The summed E-state index contributed by atoms with van der Waals surface area (Å²) in [6.45, 7) is 2.01. The molecule has 0 fully saturated rings. The van der Waals surface area contributed by atoms with Crippen molar-refractivity contribution >= 4 is 68.4 Å². The van der Waals surface area contributed by atoms with Crippen molar-refractivity contribution in [3.63, 3.8) is 0 Å². The third-order valence-corrected chi connectivity index (χ3v) is 5.84. The highest BCUT2D eigenvalue weighted by molar-refractivity contribution is 7.80. The Hall–Kier alpha value is -2.59. The summed E-state index contributed by atoms with van der Waals surface area (Å²) in [5.74, 6) is 0.387. The van der Waals surface area contributed by atoms with Gasteiger partial charge in [-0.2, -0.15) is 9.61 Å². The molecule has 152 valence electrons. The molecule has 0 atom stereocenters. The fourth-order valence-corrected chi connectivity index (χ4v) is 4.29. The number of hydrogen-bond donors (Lipinski definition) is 2. The summed E-state index contributed by atoms with van der Waals surface area (Å²) in [6.07, 6.45) is 0.748. The molecule has 30 heavy (non-hydrogen) atoms. The zero-order chi connectivity index (χ0) is 21.3. The number of aryl methyl sites for hydroxylation is 1. The van der Waals surface area contributed by atoms with Crippen molar-refractivity contribution in [3.8, 4) is 10.6 Å². The second kappa shape index (κ2) is 8.65. The lowest BCUT2D eigenvalue weighted by Gasteiger charge is -2.11. The molecule has 4 aromatic rings. The van der Waals surface area contributed by atoms with Gasteiger partial charge in [-0.3, -0.25) is 10.1 Å². The van der Waals surface area contributed by atoms with E-state index < -0.39 is 5.91 Å². The number of nitrogens with zero attached hydrogens (tertiary/aromatic N) is 4. The van der Waals surface area contributed by atoms with Crippen LogP contribution in [0.4, 0.5) is 5.69 Å². The normalized spacial score (nSPS) is 10.9. The lowest BCUT2D eigenvalue weighted by molar-refractivity contribution is 0.0978. The van der Waals surface area contributed by atoms with Crippen LogP contribution in [0, 0.1) is 0 Å². The van der Waals surface area contributed by atoms with Crippen LogP contribution >= 0.6 is 46.8 Å². The molecule has 0 spiro atoms. The summed E-state index contributed by atoms with van der Waals surface area (Å²) in [4.78, 5) is 13.1. The minimum absolute atomic E-state index is 0.148. The maximum absolute atomic E-state index is 12.4. The fourth-order valence-electron chi connectivity index (χ4n) is 2.73. The van der Waals surface area contributed by atoms with Crippen LogP contribution < -0.4 is 10.6 Å². The van der Waals surface area contributed by atoms with Crippen molar-refractivity contribution in [2.75, 3.05) is 5.32 Å². The van der Waals surface area contributed by atoms with Gasteiger partial charge in [-0.1, -0.05) is 53.6 Å². The molecule has 11 heteroatoms. The first kappa shape index (κ1) is 20.7. The Labute approximate surface area is 191 Å². The Morgan fingerprint density at radius 3 is 2.80 bits per heavy atom. The van der Waals surface area contributed by atoms with Gasteiger partial charge in [0.25, 0.3) is 5.91 Å². The highest BCUT2D eigenvalue weighted by Gasteiger charge is 2.14. The lowest BCUT2D eigenvalue weighted by Crippen LogP contribution is -2.34. The molecule has 1 amide bonds. The second-order valence-corrected chi connectivity index (χ2v) is 8.39. The zero-order valence-electron chi connectivity index (χ0n) is 15.5. The van der Waals surface area contributed by atoms with Crippen molar-refractivity contribution in [3.05, 3.63) is 63.9 Å². The molecule has 2 heterocycles. The first-order valence-electron chi connectivity index (χ1n) is 8.83. The van der Waals surface area contributed by atoms with Crippen molar-refractivity contribution in [2.24, 2.45) is 0 Å². The Morgan fingerprint density at radius 1 is 1.20 bits per heavy atom. The molecule has 0 aliphatic rings. The third kappa shape index (κ3) is 4.29. The molecule has 2 N–H and O–H groups in total. The van der Waals surface area contributed by atoms with E-state index in [4.69, 9.17) is 35.4 Å². The minimum atomic E-state index is -0.425. The van der Waals surface area contributed by atoms with Crippen LogP contribution in [-0.4, -0.2) is 30.8 Å². The average molecular weight is 477 g/mol. The SMILES string of the molecule is CCc1nnc2sc(-c3cccc(NC(=S)NC(=O)c4ccc(Cl)cc4Cl)c3)nn12. The molecule has 0 aliphatic heterocycles. The number of thiocarbonyl (C=S) groups is 1. The van der Waals surface area contributed by atoms with Crippen LogP contribution in [0.1, 0.15) is 23.1 Å². The number of benzene rings is 2. The van der Waals surface area contributed by atoms with E-state index in [1.54, 1.807) is 16.6 Å². The number of carbonyl (C=O) groups excluding carboxylic acids is 1. The highest BCUT2D eigenvalue weighted by atomic mass is 35.5. The van der Waals surface area contributed by atoms with E-state index in [1.165, 1.54) is 17.4 Å². The Balaban J connectivity index is 1.49. The number of fused-ring (bicyclic) bond motifs is 1. The molecule has 0 unspecified atom stereocenters. The molecule has 0 radical (unpaired) electrons. The molecule has 0 aliphatic carbocycles. The summed E-state index contributed by atoms with van der Waals surface area (Å²) >= 11 is 18.7. The number of hydrogen-bond acceptors (Lipinski definition) is 6. The predicted octanol–water partition coefficient (Wildman–Crippen LogP) is 4.85. The van der Waals surface area contributed by atoms with Gasteiger partial charge in [0, 0.05) is 22.7 Å². The maximum Gasteiger partial charge on any atom is 0.258 e. The van der Waals surface area contributed by atoms with Gasteiger partial charge in [0.2, 0.25) is 4.96 Å². The molecule has 0 bridgehead atoms. The molecule has 2 aromatic carbocycles. The zero-order valence-corrected chi connectivity index (χ0v) is 18.7. The van der Waals surface area contributed by atoms with Gasteiger partial charge >= 0.3 is 0 Å². The van der Waals surface area contributed by atoms with E-state index in [0.29, 0.717) is 10.7 Å². The van der Waals surface area contributed by atoms with E-state index in [-0.39, 0.29) is 15.7 Å². The number of anilines is 1. The molecule has 2 aromatic heterocycles. The van der Waals surface area contributed by atoms with Gasteiger partial charge in [-0.05, 0) is 42.5 Å². The summed E-state index contributed by atoms with van der Waals surface area (Å²) < 4.78 is 1.75. The molecule has 0 saturated carbocycles. The molecular weight excluding hydrogens is 463 g/mol. The average Bonchev–Trinajstić information content (AvgIpc) is 3.28. The van der Waals surface area contributed by atoms with Crippen LogP contribution in [0.5, 0.6) is 0 Å². The predicted molar refractivity (Wildman–Crippen MR) is 124 cm³/mol. The Kier molecular flexibility index (Phi) is 5.96. The molecule has 0 saturated heterocycles. The Bertz CT molecular complexity index is 1270. The van der Waals surface area contributed by atoms with Crippen molar-refractivity contribution < 1.29 is 4.79 Å².